The molecule has 1 fully saturated rings. The van der Waals surface area contributed by atoms with Crippen molar-refractivity contribution in [2.24, 2.45) is 5.92 Å². The fraction of sp³-hybridized carbons (Fsp3) is 0.571. The number of aromatic nitrogens is 2. The third kappa shape index (κ3) is 4.89. The molecule has 30 heavy (non-hydrogen) atoms. The van der Waals surface area contributed by atoms with E-state index in [4.69, 9.17) is 0 Å². The lowest BCUT2D eigenvalue weighted by Crippen LogP contribution is -2.41. The molecule has 1 N–H and O–H groups in total. The Labute approximate surface area is 177 Å². The van der Waals surface area contributed by atoms with Gasteiger partial charge in [0, 0.05) is 30.7 Å². The van der Waals surface area contributed by atoms with Crippen molar-refractivity contribution in [2.45, 2.75) is 63.9 Å². The van der Waals surface area contributed by atoms with Crippen molar-refractivity contribution in [3.8, 4) is 0 Å². The number of sulfonamides is 1. The van der Waals surface area contributed by atoms with Crippen LogP contribution in [0.2, 0.25) is 0 Å². The van der Waals surface area contributed by atoms with E-state index in [1.807, 2.05) is 6.92 Å². The lowest BCUT2D eigenvalue weighted by Gasteiger charge is -2.32. The van der Waals surface area contributed by atoms with Gasteiger partial charge in [-0.05, 0) is 50.3 Å². The van der Waals surface area contributed by atoms with Gasteiger partial charge in [-0.25, -0.2) is 18.2 Å². The van der Waals surface area contributed by atoms with Crippen LogP contribution < -0.4 is 11.0 Å². The van der Waals surface area contributed by atoms with E-state index >= 15 is 0 Å². The maximum atomic E-state index is 13.1. The highest BCUT2D eigenvalue weighted by Crippen LogP contribution is 2.26. The van der Waals surface area contributed by atoms with Crippen molar-refractivity contribution in [1.82, 2.24) is 19.2 Å². The number of hydrogen-bond donors (Lipinski definition) is 1. The molecule has 164 valence electrons. The fourth-order valence-electron chi connectivity index (χ4n) is 3.76. The summed E-state index contributed by atoms with van der Waals surface area (Å²) in [5, 5.41) is 3.32. The minimum Gasteiger partial charge on any atom is -0.355 e. The van der Waals surface area contributed by atoms with Crippen molar-refractivity contribution in [2.75, 3.05) is 13.1 Å². The van der Waals surface area contributed by atoms with Crippen molar-refractivity contribution in [3.05, 3.63) is 34.9 Å². The molecule has 8 nitrogen and oxygen atoms in total. The molecule has 1 saturated heterocycles. The molecule has 2 aromatic rings. The second kappa shape index (κ2) is 9.26. The van der Waals surface area contributed by atoms with Gasteiger partial charge in [0.15, 0.2) is 0 Å². The van der Waals surface area contributed by atoms with Crippen LogP contribution in [0.4, 0.5) is 0 Å². The fourth-order valence-corrected chi connectivity index (χ4v) is 5.49. The van der Waals surface area contributed by atoms with Gasteiger partial charge < -0.3 is 5.32 Å². The van der Waals surface area contributed by atoms with Gasteiger partial charge >= 0.3 is 5.69 Å². The molecule has 1 amide bonds. The van der Waals surface area contributed by atoms with Gasteiger partial charge in [0.1, 0.15) is 6.54 Å². The summed E-state index contributed by atoms with van der Waals surface area (Å²) in [6.07, 6.45) is 4.94. The largest absolute Gasteiger partial charge is 0.355 e. The first-order chi connectivity index (χ1) is 14.2. The number of hydrogen-bond acceptors (Lipinski definition) is 5. The second-order valence-corrected chi connectivity index (χ2v) is 10.2. The molecule has 1 aliphatic heterocycles. The highest BCUT2D eigenvalue weighted by molar-refractivity contribution is 7.89. The summed E-state index contributed by atoms with van der Waals surface area (Å²) in [6, 6.07) is 4.58. The predicted molar refractivity (Wildman–Crippen MR) is 116 cm³/mol. The first kappa shape index (κ1) is 22.4. The number of fused-ring (bicyclic) bond motifs is 1. The van der Waals surface area contributed by atoms with Crippen LogP contribution in [0, 0.1) is 5.92 Å². The topological polar surface area (TPSA) is 101 Å². The molecule has 1 aromatic carbocycles. The van der Waals surface area contributed by atoms with Crippen LogP contribution in [0.15, 0.2) is 34.1 Å². The van der Waals surface area contributed by atoms with Gasteiger partial charge in [0.2, 0.25) is 15.9 Å². The highest BCUT2D eigenvalue weighted by atomic mass is 32.2. The Kier molecular flexibility index (Phi) is 6.92. The zero-order valence-corrected chi connectivity index (χ0v) is 18.6. The average Bonchev–Trinajstić information content (AvgIpc) is 2.69. The van der Waals surface area contributed by atoms with E-state index in [-0.39, 0.29) is 23.4 Å². The normalized spacial score (nSPS) is 18.1. The third-order valence-corrected chi connectivity index (χ3v) is 7.54. The number of carbonyl (C=O) groups excluding carboxylic acids is 1. The zero-order valence-electron chi connectivity index (χ0n) is 17.8. The average molecular weight is 435 g/mol. The van der Waals surface area contributed by atoms with Gasteiger partial charge in [-0.2, -0.15) is 4.31 Å². The van der Waals surface area contributed by atoms with E-state index in [0.29, 0.717) is 29.9 Å². The third-order valence-electron chi connectivity index (χ3n) is 5.53. The summed E-state index contributed by atoms with van der Waals surface area (Å²) >= 11 is 0. The lowest BCUT2D eigenvalue weighted by atomic mass is 10.1. The number of carbonyl (C=O) groups is 1. The molecule has 1 unspecified atom stereocenters. The summed E-state index contributed by atoms with van der Waals surface area (Å²) in [4.78, 5) is 28.5. The smallest absolute Gasteiger partial charge is 0.348 e. The molecule has 0 radical (unpaired) electrons. The summed E-state index contributed by atoms with van der Waals surface area (Å²) in [5.41, 5.74) is -0.0542. The number of rotatable bonds is 7. The van der Waals surface area contributed by atoms with Gasteiger partial charge in [-0.15, -0.1) is 0 Å². The molecule has 1 atom stereocenters. The lowest BCUT2D eigenvalue weighted by molar-refractivity contribution is -0.121. The van der Waals surface area contributed by atoms with Gasteiger partial charge in [-0.3, -0.25) is 9.36 Å². The molecule has 9 heteroatoms. The molecule has 1 aromatic heterocycles. The summed E-state index contributed by atoms with van der Waals surface area (Å²) in [7, 11) is -3.63. The van der Waals surface area contributed by atoms with E-state index in [1.165, 1.54) is 22.9 Å². The minimum absolute atomic E-state index is 0.0407. The van der Waals surface area contributed by atoms with Crippen molar-refractivity contribution >= 4 is 26.8 Å². The number of nitrogens with one attached hydrogen (secondary N) is 1. The molecule has 0 spiro atoms. The Morgan fingerprint density at radius 1 is 1.30 bits per heavy atom. The van der Waals surface area contributed by atoms with Crippen molar-refractivity contribution < 1.29 is 13.2 Å². The van der Waals surface area contributed by atoms with Crippen LogP contribution in [0.3, 0.4) is 0 Å². The van der Waals surface area contributed by atoms with Crippen molar-refractivity contribution in [3.63, 3.8) is 0 Å². The molecular weight excluding hydrogens is 404 g/mol. The van der Waals surface area contributed by atoms with Crippen molar-refractivity contribution in [1.29, 1.82) is 0 Å². The monoisotopic (exact) mass is 434 g/mol. The number of piperidine rings is 1. The molecule has 0 aliphatic carbocycles. The Hall–Kier alpha value is -2.26. The van der Waals surface area contributed by atoms with Crippen LogP contribution in [0.1, 0.15) is 46.5 Å². The van der Waals surface area contributed by atoms with Gasteiger partial charge in [0.25, 0.3) is 0 Å². The Bertz CT molecular complexity index is 1080. The standard InChI is InChI=1S/C21H30N4O4S/c1-15(2)9-10-22-20(26)14-24-19-8-7-18(12-17(19)13-23-21(24)27)30(28,29)25-11-5-4-6-16(25)3/h7-8,12-13,15-16H,4-6,9-11,14H2,1-3H3,(H,22,26). The van der Waals surface area contributed by atoms with E-state index in [9.17, 15) is 18.0 Å². The number of nitrogens with zero attached hydrogens (tertiary/aromatic N) is 3. The molecule has 3 rings (SSSR count). The zero-order chi connectivity index (χ0) is 21.9. The van der Waals surface area contributed by atoms with Crippen LogP contribution in [-0.4, -0.2) is 47.3 Å². The summed E-state index contributed by atoms with van der Waals surface area (Å²) in [6.45, 7) is 6.96. The van der Waals surface area contributed by atoms with Gasteiger partial charge in [-0.1, -0.05) is 20.3 Å². The molecular formula is C21H30N4O4S. The molecule has 1 aliphatic rings. The SMILES string of the molecule is CC(C)CCNC(=O)Cn1c(=O)ncc2cc(S(=O)(=O)N3CCCCC3C)ccc21. The van der Waals surface area contributed by atoms with Crippen LogP contribution >= 0.6 is 0 Å². The predicted octanol–water partition coefficient (Wildman–Crippen LogP) is 2.12. The molecule has 2 heterocycles. The van der Waals surface area contributed by atoms with E-state index in [0.717, 1.165) is 25.7 Å². The highest BCUT2D eigenvalue weighted by Gasteiger charge is 2.31. The number of amides is 1. The Balaban J connectivity index is 1.88. The Morgan fingerprint density at radius 2 is 2.07 bits per heavy atom. The van der Waals surface area contributed by atoms with Crippen LogP contribution in [0.5, 0.6) is 0 Å². The van der Waals surface area contributed by atoms with Crippen LogP contribution in [0.25, 0.3) is 10.9 Å². The Morgan fingerprint density at radius 3 is 2.77 bits per heavy atom. The maximum absolute atomic E-state index is 13.1. The quantitative estimate of drug-likeness (QED) is 0.719. The molecule has 0 bridgehead atoms. The second-order valence-electron chi connectivity index (χ2n) is 8.34. The van der Waals surface area contributed by atoms with E-state index < -0.39 is 15.7 Å². The first-order valence-electron chi connectivity index (χ1n) is 10.5. The van der Waals surface area contributed by atoms with E-state index in [1.54, 1.807) is 10.4 Å². The first-order valence-corrected chi connectivity index (χ1v) is 11.9. The molecule has 0 saturated carbocycles. The van der Waals surface area contributed by atoms with E-state index in [2.05, 4.69) is 24.1 Å². The van der Waals surface area contributed by atoms with Gasteiger partial charge in [0.05, 0.1) is 10.4 Å². The summed E-state index contributed by atoms with van der Waals surface area (Å²) in [5.74, 6) is 0.195. The maximum Gasteiger partial charge on any atom is 0.348 e. The summed E-state index contributed by atoms with van der Waals surface area (Å²) < 4.78 is 29.1. The van der Waals surface area contributed by atoms with Crippen LogP contribution in [-0.2, 0) is 21.4 Å². The number of benzene rings is 1. The minimum atomic E-state index is -3.63.